The van der Waals surface area contributed by atoms with Gasteiger partial charge in [0.15, 0.2) is 24.6 Å². The lowest BCUT2D eigenvalue weighted by atomic mass is 10.0. The van der Waals surface area contributed by atoms with Crippen LogP contribution in [-0.2, 0) is 23.7 Å². The highest BCUT2D eigenvalue weighted by atomic mass is 16.6. The summed E-state index contributed by atoms with van der Waals surface area (Å²) >= 11 is 0. The molecule has 0 unspecified atom stereocenters. The molecule has 0 bridgehead atoms. The average molecular weight is 597 g/mol. The fourth-order valence-corrected chi connectivity index (χ4v) is 4.09. The highest BCUT2D eigenvalue weighted by molar-refractivity contribution is 5.92. The lowest BCUT2D eigenvalue weighted by molar-refractivity contribution is -0.141. The van der Waals surface area contributed by atoms with Gasteiger partial charge in [-0.25, -0.2) is 19.2 Å². The van der Waals surface area contributed by atoms with E-state index in [0.29, 0.717) is 0 Å². The topological polar surface area (TPSA) is 143 Å². The summed E-state index contributed by atoms with van der Waals surface area (Å²) in [5, 5.41) is 10.7. The number of aliphatic hydroxyl groups excluding tert-OH is 1. The number of aliphatic hydroxyl groups is 1. The van der Waals surface area contributed by atoms with Crippen LogP contribution >= 0.6 is 0 Å². The molecule has 0 saturated carbocycles. The number of hydrogen-bond donors (Lipinski definition) is 1. The van der Waals surface area contributed by atoms with Crippen molar-refractivity contribution in [2.75, 3.05) is 6.61 Å². The fraction of sp³-hybridized carbons (Fsp3) is 0.147. The van der Waals surface area contributed by atoms with Crippen LogP contribution in [-0.4, -0.2) is 66.3 Å². The van der Waals surface area contributed by atoms with Gasteiger partial charge in [0.1, 0.15) is 12.7 Å². The van der Waals surface area contributed by atoms with E-state index in [4.69, 9.17) is 18.9 Å². The zero-order chi connectivity index (χ0) is 31.3. The van der Waals surface area contributed by atoms with Crippen molar-refractivity contribution in [3.8, 4) is 0 Å². The first-order valence-electron chi connectivity index (χ1n) is 13.5. The van der Waals surface area contributed by atoms with Crippen molar-refractivity contribution in [2.24, 2.45) is 0 Å². The van der Waals surface area contributed by atoms with Crippen LogP contribution in [0.2, 0.25) is 0 Å². The summed E-state index contributed by atoms with van der Waals surface area (Å²) in [6.07, 6.45) is -7.34. The van der Waals surface area contributed by atoms with E-state index in [0.717, 1.165) is 0 Å². The van der Waals surface area contributed by atoms with Crippen molar-refractivity contribution in [2.45, 2.75) is 24.4 Å². The molecule has 0 amide bonds. The number of aldehydes is 1. The molecule has 4 aromatic rings. The van der Waals surface area contributed by atoms with E-state index in [1.807, 2.05) is 0 Å². The van der Waals surface area contributed by atoms with E-state index in [-0.39, 0.29) is 28.5 Å². The number of hydrogen-bond acceptors (Lipinski definition) is 10. The summed E-state index contributed by atoms with van der Waals surface area (Å²) in [5.41, 5.74) is 0.421. The Morgan fingerprint density at radius 3 is 1.25 bits per heavy atom. The van der Waals surface area contributed by atoms with Crippen LogP contribution in [0.15, 0.2) is 121 Å². The van der Waals surface area contributed by atoms with E-state index < -0.39 is 54.9 Å². The summed E-state index contributed by atoms with van der Waals surface area (Å²) < 4.78 is 22.3. The van der Waals surface area contributed by atoms with Crippen molar-refractivity contribution < 1.29 is 48.0 Å². The van der Waals surface area contributed by atoms with Crippen molar-refractivity contribution in [1.29, 1.82) is 0 Å². The SMILES string of the molecule is O=C[C@H](O)[C@@H](OC(=O)c1ccccc1)[C@H](OC(=O)c1ccccc1)[C@@H](COC(=O)c1ccccc1)OC(=O)c1ccccc1. The third-order valence-electron chi connectivity index (χ3n) is 6.33. The molecule has 0 radical (unpaired) electrons. The molecule has 0 spiro atoms. The predicted octanol–water partition coefficient (Wildman–Crippen LogP) is 4.08. The molecule has 0 aliphatic carbocycles. The maximum atomic E-state index is 13.3. The largest absolute Gasteiger partial charge is 0.458 e. The highest BCUT2D eigenvalue weighted by Crippen LogP contribution is 2.22. The van der Waals surface area contributed by atoms with Gasteiger partial charge in [-0.2, -0.15) is 0 Å². The number of benzene rings is 4. The first-order chi connectivity index (χ1) is 21.4. The summed E-state index contributed by atoms with van der Waals surface area (Å²) in [6, 6.07) is 31.1. The molecule has 0 aromatic heterocycles. The van der Waals surface area contributed by atoms with Crippen LogP contribution in [0.5, 0.6) is 0 Å². The average Bonchev–Trinajstić information content (AvgIpc) is 3.09. The second-order valence-electron chi connectivity index (χ2n) is 9.37. The number of rotatable bonds is 13. The Morgan fingerprint density at radius 2 is 0.864 bits per heavy atom. The van der Waals surface area contributed by atoms with Crippen molar-refractivity contribution in [3.63, 3.8) is 0 Å². The Hall–Kier alpha value is -5.61. The molecule has 1 N–H and O–H groups in total. The van der Waals surface area contributed by atoms with Crippen molar-refractivity contribution in [1.82, 2.24) is 0 Å². The Bertz CT molecular complexity index is 1540. The van der Waals surface area contributed by atoms with Crippen LogP contribution in [0.3, 0.4) is 0 Å². The minimum Gasteiger partial charge on any atom is -0.458 e. The molecule has 10 nitrogen and oxygen atoms in total. The van der Waals surface area contributed by atoms with Gasteiger partial charge in [-0.15, -0.1) is 0 Å². The first kappa shape index (κ1) is 31.3. The van der Waals surface area contributed by atoms with Crippen LogP contribution in [0.25, 0.3) is 0 Å². The molecule has 4 aromatic carbocycles. The van der Waals surface area contributed by atoms with E-state index in [2.05, 4.69) is 0 Å². The molecule has 224 valence electrons. The van der Waals surface area contributed by atoms with Gasteiger partial charge in [-0.05, 0) is 48.5 Å². The van der Waals surface area contributed by atoms with Gasteiger partial charge in [-0.1, -0.05) is 72.8 Å². The second-order valence-corrected chi connectivity index (χ2v) is 9.37. The molecule has 0 saturated heterocycles. The van der Waals surface area contributed by atoms with E-state index in [1.165, 1.54) is 48.5 Å². The predicted molar refractivity (Wildman–Crippen MR) is 156 cm³/mol. The minimum atomic E-state index is -2.04. The molecule has 0 heterocycles. The van der Waals surface area contributed by atoms with Gasteiger partial charge in [0, 0.05) is 0 Å². The number of carbonyl (C=O) groups excluding carboxylic acids is 5. The molecule has 44 heavy (non-hydrogen) atoms. The maximum absolute atomic E-state index is 13.3. The number of esters is 4. The van der Waals surface area contributed by atoms with E-state index >= 15 is 0 Å². The van der Waals surface area contributed by atoms with Crippen molar-refractivity contribution >= 4 is 30.2 Å². The van der Waals surface area contributed by atoms with Gasteiger partial charge in [0.25, 0.3) is 0 Å². The normalized spacial score (nSPS) is 13.3. The fourth-order valence-electron chi connectivity index (χ4n) is 4.09. The third kappa shape index (κ3) is 8.46. The minimum absolute atomic E-state index is 0.0667. The zero-order valence-electron chi connectivity index (χ0n) is 23.3. The van der Waals surface area contributed by atoms with E-state index in [9.17, 15) is 29.1 Å². The third-order valence-corrected chi connectivity index (χ3v) is 6.33. The Labute approximate surface area is 252 Å². The highest BCUT2D eigenvalue weighted by Gasteiger charge is 2.43. The summed E-state index contributed by atoms with van der Waals surface area (Å²) in [6.45, 7) is -0.704. The Morgan fingerprint density at radius 1 is 0.523 bits per heavy atom. The Balaban J connectivity index is 1.73. The lowest BCUT2D eigenvalue weighted by Crippen LogP contribution is -2.53. The van der Waals surface area contributed by atoms with Crippen LogP contribution in [0.1, 0.15) is 41.4 Å². The molecule has 0 aliphatic rings. The van der Waals surface area contributed by atoms with Gasteiger partial charge in [-0.3, -0.25) is 0 Å². The van der Waals surface area contributed by atoms with Gasteiger partial charge >= 0.3 is 23.9 Å². The standard InChI is InChI=1S/C34H28O10/c35-21-27(36)29(43-33(39)25-17-9-3-10-18-25)30(44-34(40)26-19-11-4-12-20-26)28(42-32(38)24-15-7-2-8-16-24)22-41-31(37)23-13-5-1-6-14-23/h1-21,27-30,36H,22H2/t27-,28+,29+,30+/m0/s1. The Kier molecular flexibility index (Phi) is 11.1. The summed E-state index contributed by atoms with van der Waals surface area (Å²) in [7, 11) is 0. The van der Waals surface area contributed by atoms with Gasteiger partial charge < -0.3 is 28.8 Å². The molecule has 10 heteroatoms. The lowest BCUT2D eigenvalue weighted by Gasteiger charge is -2.33. The van der Waals surface area contributed by atoms with Gasteiger partial charge in [0.05, 0.1) is 22.3 Å². The molecule has 4 rings (SSSR count). The summed E-state index contributed by atoms with van der Waals surface area (Å²) in [5.74, 6) is -3.62. The van der Waals surface area contributed by atoms with Crippen LogP contribution in [0.4, 0.5) is 0 Å². The van der Waals surface area contributed by atoms with Crippen molar-refractivity contribution in [3.05, 3.63) is 144 Å². The monoisotopic (exact) mass is 596 g/mol. The molecule has 0 fully saturated rings. The first-order valence-corrected chi connectivity index (χ1v) is 13.5. The molecular formula is C34H28O10. The number of carbonyl (C=O) groups is 5. The van der Waals surface area contributed by atoms with E-state index in [1.54, 1.807) is 72.8 Å². The molecule has 0 aliphatic heterocycles. The van der Waals surface area contributed by atoms with Crippen LogP contribution < -0.4 is 0 Å². The van der Waals surface area contributed by atoms with Crippen LogP contribution in [0, 0.1) is 0 Å². The molecule has 4 atom stereocenters. The zero-order valence-corrected chi connectivity index (χ0v) is 23.3. The maximum Gasteiger partial charge on any atom is 0.338 e. The summed E-state index contributed by atoms with van der Waals surface area (Å²) in [4.78, 5) is 64.2. The quantitative estimate of drug-likeness (QED) is 0.136. The second kappa shape index (κ2) is 15.6. The smallest absolute Gasteiger partial charge is 0.338 e. The van der Waals surface area contributed by atoms with Gasteiger partial charge in [0.2, 0.25) is 0 Å². The number of ether oxygens (including phenoxy) is 4. The molecular weight excluding hydrogens is 568 g/mol.